The lowest BCUT2D eigenvalue weighted by molar-refractivity contribution is 0.351. The largest absolute Gasteiger partial charge is 0.449 e. The molecule has 3 rings (SSSR count). The van der Waals surface area contributed by atoms with Crippen molar-refractivity contribution >= 4 is 0 Å². The van der Waals surface area contributed by atoms with E-state index in [1.165, 1.54) is 0 Å². The van der Waals surface area contributed by atoms with E-state index in [1.807, 2.05) is 0 Å². The van der Waals surface area contributed by atoms with Crippen LogP contribution in [0.1, 0.15) is 0 Å². The lowest BCUT2D eigenvalue weighted by Crippen LogP contribution is -2.00. The number of halogens is 2. The summed E-state index contributed by atoms with van der Waals surface area (Å²) in [7, 11) is 0. The van der Waals surface area contributed by atoms with Crippen molar-refractivity contribution in [2.75, 3.05) is 0 Å². The van der Waals surface area contributed by atoms with Crippen molar-refractivity contribution in [3.05, 3.63) is 48.0 Å². The highest BCUT2D eigenvalue weighted by atomic mass is 19.2. The third-order valence-electron chi connectivity index (χ3n) is 2.28. The summed E-state index contributed by atoms with van der Waals surface area (Å²) in [6.07, 6.45) is 0. The number of para-hydroxylation sites is 2. The molecule has 0 unspecified atom stereocenters. The summed E-state index contributed by atoms with van der Waals surface area (Å²) >= 11 is 0. The highest BCUT2D eigenvalue weighted by molar-refractivity contribution is 5.54. The molecule has 0 N–H and O–H groups in total. The van der Waals surface area contributed by atoms with Crippen LogP contribution in [0.25, 0.3) is 0 Å². The molecule has 0 atom stereocenters. The summed E-state index contributed by atoms with van der Waals surface area (Å²) in [5.41, 5.74) is 0. The highest BCUT2D eigenvalue weighted by Crippen LogP contribution is 2.45. The molecule has 0 fully saturated rings. The second-order valence-electron chi connectivity index (χ2n) is 3.36. The third kappa shape index (κ3) is 1.31. The lowest BCUT2D eigenvalue weighted by Gasteiger charge is -2.20. The van der Waals surface area contributed by atoms with Gasteiger partial charge in [0.05, 0.1) is 0 Å². The fourth-order valence-corrected chi connectivity index (χ4v) is 1.53. The molecule has 16 heavy (non-hydrogen) atoms. The SMILES string of the molecule is Fc1cc2c(cc1F)Oc1ccccc1O2. The Balaban J connectivity index is 2.12. The minimum Gasteiger partial charge on any atom is -0.449 e. The molecule has 0 saturated heterocycles. The number of fused-ring (bicyclic) bond motifs is 2. The molecule has 0 aliphatic carbocycles. The van der Waals surface area contributed by atoms with Gasteiger partial charge >= 0.3 is 0 Å². The number of benzene rings is 2. The van der Waals surface area contributed by atoms with Gasteiger partial charge in [-0.15, -0.1) is 0 Å². The van der Waals surface area contributed by atoms with Crippen LogP contribution in [0, 0.1) is 11.6 Å². The van der Waals surface area contributed by atoms with Crippen LogP contribution >= 0.6 is 0 Å². The Morgan fingerprint density at radius 3 is 1.56 bits per heavy atom. The third-order valence-corrected chi connectivity index (χ3v) is 2.28. The van der Waals surface area contributed by atoms with Gasteiger partial charge < -0.3 is 9.47 Å². The standard InChI is InChI=1S/C12H6F2O2/c13-7-5-11-12(6-8(7)14)16-10-4-2-1-3-9(10)15-11/h1-6H. The van der Waals surface area contributed by atoms with Gasteiger partial charge in [-0.25, -0.2) is 8.78 Å². The van der Waals surface area contributed by atoms with E-state index in [1.54, 1.807) is 24.3 Å². The fraction of sp³-hybridized carbons (Fsp3) is 0. The lowest BCUT2D eigenvalue weighted by atomic mass is 10.2. The van der Waals surface area contributed by atoms with Gasteiger partial charge in [-0.2, -0.15) is 0 Å². The number of rotatable bonds is 0. The molecule has 1 heterocycles. The first kappa shape index (κ1) is 9.15. The zero-order valence-corrected chi connectivity index (χ0v) is 8.04. The Morgan fingerprint density at radius 2 is 1.12 bits per heavy atom. The van der Waals surface area contributed by atoms with Gasteiger partial charge in [0.15, 0.2) is 34.6 Å². The van der Waals surface area contributed by atoms with Crippen molar-refractivity contribution < 1.29 is 18.3 Å². The van der Waals surface area contributed by atoms with Crippen molar-refractivity contribution in [1.82, 2.24) is 0 Å². The summed E-state index contributed by atoms with van der Waals surface area (Å²) in [6, 6.07) is 8.88. The van der Waals surface area contributed by atoms with E-state index in [0.717, 1.165) is 12.1 Å². The summed E-state index contributed by atoms with van der Waals surface area (Å²) in [5.74, 6) is -0.583. The van der Waals surface area contributed by atoms with E-state index in [9.17, 15) is 8.78 Å². The first-order valence-corrected chi connectivity index (χ1v) is 4.68. The monoisotopic (exact) mass is 220 g/mol. The average Bonchev–Trinajstić information content (AvgIpc) is 2.28. The Hall–Kier alpha value is -2.10. The predicted octanol–water partition coefficient (Wildman–Crippen LogP) is 3.86. The molecule has 1 aliphatic heterocycles. The first-order chi connectivity index (χ1) is 7.74. The van der Waals surface area contributed by atoms with E-state index in [0.29, 0.717) is 11.5 Å². The van der Waals surface area contributed by atoms with Gasteiger partial charge in [-0.05, 0) is 12.1 Å². The van der Waals surface area contributed by atoms with Crippen LogP contribution < -0.4 is 9.47 Å². The molecule has 0 bridgehead atoms. The average molecular weight is 220 g/mol. The van der Waals surface area contributed by atoms with Crippen LogP contribution in [0.4, 0.5) is 8.78 Å². The van der Waals surface area contributed by atoms with Gasteiger partial charge in [0.2, 0.25) is 0 Å². The van der Waals surface area contributed by atoms with Crippen molar-refractivity contribution in [2.45, 2.75) is 0 Å². The maximum absolute atomic E-state index is 13.0. The van der Waals surface area contributed by atoms with Gasteiger partial charge in [0.25, 0.3) is 0 Å². The Bertz CT molecular complexity index is 517. The van der Waals surface area contributed by atoms with Gasteiger partial charge in [0.1, 0.15) is 0 Å². The number of hydrogen-bond donors (Lipinski definition) is 0. The molecule has 2 nitrogen and oxygen atoms in total. The normalized spacial score (nSPS) is 12.1. The van der Waals surface area contributed by atoms with Crippen LogP contribution in [0.2, 0.25) is 0 Å². The van der Waals surface area contributed by atoms with E-state index < -0.39 is 11.6 Å². The highest BCUT2D eigenvalue weighted by Gasteiger charge is 2.20. The van der Waals surface area contributed by atoms with E-state index >= 15 is 0 Å². The predicted molar refractivity (Wildman–Crippen MR) is 52.9 cm³/mol. The van der Waals surface area contributed by atoms with Crippen molar-refractivity contribution in [3.63, 3.8) is 0 Å². The molecular formula is C12H6F2O2. The van der Waals surface area contributed by atoms with Crippen LogP contribution in [0.15, 0.2) is 36.4 Å². The number of ether oxygens (including phenoxy) is 2. The number of hydrogen-bond acceptors (Lipinski definition) is 2. The molecular weight excluding hydrogens is 214 g/mol. The maximum atomic E-state index is 13.0. The molecule has 2 aromatic carbocycles. The molecule has 2 aromatic rings. The Labute approximate surface area is 90.0 Å². The van der Waals surface area contributed by atoms with Crippen molar-refractivity contribution in [3.8, 4) is 23.0 Å². The quantitative estimate of drug-likeness (QED) is 0.572. The zero-order chi connectivity index (χ0) is 11.1. The zero-order valence-electron chi connectivity index (χ0n) is 8.04. The maximum Gasteiger partial charge on any atom is 0.173 e. The minimum absolute atomic E-state index is 0.178. The van der Waals surface area contributed by atoms with Crippen LogP contribution in [-0.2, 0) is 0 Å². The van der Waals surface area contributed by atoms with Gasteiger partial charge in [0, 0.05) is 12.1 Å². The Morgan fingerprint density at radius 1 is 0.688 bits per heavy atom. The molecule has 0 aromatic heterocycles. The fourth-order valence-electron chi connectivity index (χ4n) is 1.53. The molecule has 4 heteroatoms. The van der Waals surface area contributed by atoms with Crippen LogP contribution in [-0.4, -0.2) is 0 Å². The second kappa shape index (κ2) is 3.20. The molecule has 1 aliphatic rings. The molecule has 0 spiro atoms. The Kier molecular flexibility index (Phi) is 1.83. The molecule has 80 valence electrons. The molecule has 0 saturated carbocycles. The van der Waals surface area contributed by atoms with Crippen molar-refractivity contribution in [1.29, 1.82) is 0 Å². The van der Waals surface area contributed by atoms with Gasteiger partial charge in [-0.3, -0.25) is 0 Å². The van der Waals surface area contributed by atoms with E-state index in [4.69, 9.17) is 9.47 Å². The summed E-state index contributed by atoms with van der Waals surface area (Å²) < 4.78 is 36.7. The summed E-state index contributed by atoms with van der Waals surface area (Å²) in [5, 5.41) is 0. The van der Waals surface area contributed by atoms with Gasteiger partial charge in [-0.1, -0.05) is 12.1 Å². The molecule has 0 amide bonds. The van der Waals surface area contributed by atoms with E-state index in [2.05, 4.69) is 0 Å². The van der Waals surface area contributed by atoms with Crippen molar-refractivity contribution in [2.24, 2.45) is 0 Å². The topological polar surface area (TPSA) is 18.5 Å². The second-order valence-corrected chi connectivity index (χ2v) is 3.36. The van der Waals surface area contributed by atoms with Crippen LogP contribution in [0.5, 0.6) is 23.0 Å². The van der Waals surface area contributed by atoms with Crippen LogP contribution in [0.3, 0.4) is 0 Å². The summed E-state index contributed by atoms with van der Waals surface area (Å²) in [6.45, 7) is 0. The molecule has 0 radical (unpaired) electrons. The minimum atomic E-state index is -0.957. The summed E-state index contributed by atoms with van der Waals surface area (Å²) in [4.78, 5) is 0. The first-order valence-electron chi connectivity index (χ1n) is 4.68. The van der Waals surface area contributed by atoms with E-state index in [-0.39, 0.29) is 11.5 Å². The smallest absolute Gasteiger partial charge is 0.173 e.